The summed E-state index contributed by atoms with van der Waals surface area (Å²) in [7, 11) is -4.05. The normalized spacial score (nSPS) is 20.0. The second kappa shape index (κ2) is 6.25. The van der Waals surface area contributed by atoms with Gasteiger partial charge in [-0.1, -0.05) is 6.92 Å². The number of likely N-dealkylation sites (N-methyl/N-ethyl adjacent to an activating group) is 1. The standard InChI is InChI=1S/C13H19F2N3O2S/c1-2-18-7-3-4-9(18)8-17-21(19,20)11-6-5-10(14)13(16)12(11)15/h5-6,9,17H,2-4,7-8,16H2,1H3. The molecule has 0 spiro atoms. The molecule has 1 heterocycles. The quantitative estimate of drug-likeness (QED) is 0.803. The van der Waals surface area contributed by atoms with E-state index in [2.05, 4.69) is 9.62 Å². The topological polar surface area (TPSA) is 75.4 Å². The molecular formula is C13H19F2N3O2S. The summed E-state index contributed by atoms with van der Waals surface area (Å²) in [6, 6.07) is 1.84. The molecule has 0 aromatic heterocycles. The molecule has 0 aliphatic carbocycles. The van der Waals surface area contributed by atoms with Crippen LogP contribution < -0.4 is 10.5 Å². The van der Waals surface area contributed by atoms with Gasteiger partial charge in [0.1, 0.15) is 16.4 Å². The number of nitrogens with two attached hydrogens (primary N) is 1. The minimum Gasteiger partial charge on any atom is -0.394 e. The SMILES string of the molecule is CCN1CCCC1CNS(=O)(=O)c1ccc(F)c(N)c1F. The van der Waals surface area contributed by atoms with E-state index in [9.17, 15) is 17.2 Å². The summed E-state index contributed by atoms with van der Waals surface area (Å²) in [5.41, 5.74) is 4.41. The van der Waals surface area contributed by atoms with Crippen LogP contribution in [0.2, 0.25) is 0 Å². The van der Waals surface area contributed by atoms with E-state index >= 15 is 0 Å². The zero-order valence-corrected chi connectivity index (χ0v) is 12.6. The van der Waals surface area contributed by atoms with Gasteiger partial charge in [-0.15, -0.1) is 0 Å². The molecule has 21 heavy (non-hydrogen) atoms. The molecule has 2 rings (SSSR count). The van der Waals surface area contributed by atoms with Gasteiger partial charge in [-0.05, 0) is 38.1 Å². The Morgan fingerprint density at radius 1 is 1.43 bits per heavy atom. The molecule has 0 bridgehead atoms. The summed E-state index contributed by atoms with van der Waals surface area (Å²) in [6.07, 6.45) is 1.91. The molecule has 118 valence electrons. The number of likely N-dealkylation sites (tertiary alicyclic amines) is 1. The first-order valence-corrected chi connectivity index (χ1v) is 8.32. The van der Waals surface area contributed by atoms with E-state index in [1.165, 1.54) is 0 Å². The Bertz CT molecular complexity index is 622. The lowest BCUT2D eigenvalue weighted by atomic mass is 10.2. The van der Waals surface area contributed by atoms with Crippen molar-refractivity contribution in [3.8, 4) is 0 Å². The predicted molar refractivity (Wildman–Crippen MR) is 76.2 cm³/mol. The minimum atomic E-state index is -4.05. The van der Waals surface area contributed by atoms with Crippen molar-refractivity contribution in [2.24, 2.45) is 0 Å². The van der Waals surface area contributed by atoms with Gasteiger partial charge >= 0.3 is 0 Å². The third-order valence-corrected chi connectivity index (χ3v) is 5.24. The molecule has 3 N–H and O–H groups in total. The van der Waals surface area contributed by atoms with Gasteiger partial charge in [-0.2, -0.15) is 0 Å². The van der Waals surface area contributed by atoms with Gasteiger partial charge in [-0.3, -0.25) is 4.90 Å². The maximum absolute atomic E-state index is 13.8. The van der Waals surface area contributed by atoms with Gasteiger partial charge in [0.2, 0.25) is 10.0 Å². The van der Waals surface area contributed by atoms with Crippen LogP contribution in [0.25, 0.3) is 0 Å². The van der Waals surface area contributed by atoms with E-state index in [-0.39, 0.29) is 12.6 Å². The molecule has 1 fully saturated rings. The van der Waals surface area contributed by atoms with Crippen LogP contribution in [0.1, 0.15) is 19.8 Å². The number of hydrogen-bond acceptors (Lipinski definition) is 4. The maximum atomic E-state index is 13.8. The molecule has 1 unspecified atom stereocenters. The van der Waals surface area contributed by atoms with Crippen LogP contribution in [-0.4, -0.2) is 39.0 Å². The van der Waals surface area contributed by atoms with E-state index in [1.807, 2.05) is 6.92 Å². The molecule has 1 aromatic carbocycles. The Kier molecular flexibility index (Phi) is 4.80. The van der Waals surface area contributed by atoms with Crippen molar-refractivity contribution in [2.45, 2.75) is 30.7 Å². The van der Waals surface area contributed by atoms with Crippen LogP contribution in [0.5, 0.6) is 0 Å². The zero-order valence-electron chi connectivity index (χ0n) is 11.8. The van der Waals surface area contributed by atoms with E-state index in [0.717, 1.165) is 38.1 Å². The first-order valence-electron chi connectivity index (χ1n) is 6.84. The Hall–Kier alpha value is -1.25. The summed E-state index contributed by atoms with van der Waals surface area (Å²) in [4.78, 5) is 1.54. The first-order chi connectivity index (χ1) is 9.86. The van der Waals surface area contributed by atoms with Gasteiger partial charge in [0, 0.05) is 12.6 Å². The second-order valence-corrected chi connectivity index (χ2v) is 6.79. The third-order valence-electron chi connectivity index (χ3n) is 3.79. The molecule has 1 aliphatic rings. The van der Waals surface area contributed by atoms with Crippen molar-refractivity contribution in [2.75, 3.05) is 25.4 Å². The van der Waals surface area contributed by atoms with Crippen LogP contribution >= 0.6 is 0 Å². The number of anilines is 1. The van der Waals surface area contributed by atoms with E-state index in [4.69, 9.17) is 5.73 Å². The van der Waals surface area contributed by atoms with Crippen LogP contribution in [0.4, 0.5) is 14.5 Å². The minimum absolute atomic E-state index is 0.102. The number of nitrogens with zero attached hydrogens (tertiary/aromatic N) is 1. The Morgan fingerprint density at radius 2 is 2.14 bits per heavy atom. The van der Waals surface area contributed by atoms with E-state index in [0.29, 0.717) is 0 Å². The molecule has 1 saturated heterocycles. The Balaban J connectivity index is 2.14. The van der Waals surface area contributed by atoms with Crippen molar-refractivity contribution in [1.82, 2.24) is 9.62 Å². The van der Waals surface area contributed by atoms with Crippen LogP contribution in [0, 0.1) is 11.6 Å². The third kappa shape index (κ3) is 3.33. The van der Waals surface area contributed by atoms with Crippen LogP contribution in [-0.2, 0) is 10.0 Å². The number of hydrogen-bond donors (Lipinski definition) is 2. The number of nitrogens with one attached hydrogen (secondary N) is 1. The molecule has 1 aromatic rings. The summed E-state index contributed by atoms with van der Waals surface area (Å²) in [5.74, 6) is -2.22. The maximum Gasteiger partial charge on any atom is 0.243 e. The van der Waals surface area contributed by atoms with Crippen molar-refractivity contribution in [1.29, 1.82) is 0 Å². The van der Waals surface area contributed by atoms with Crippen LogP contribution in [0.3, 0.4) is 0 Å². The summed E-state index contributed by atoms with van der Waals surface area (Å²) >= 11 is 0. The molecular weight excluding hydrogens is 300 g/mol. The molecule has 0 saturated carbocycles. The summed E-state index contributed by atoms with van der Waals surface area (Å²) < 4.78 is 53.5. The smallest absolute Gasteiger partial charge is 0.243 e. The fourth-order valence-electron chi connectivity index (χ4n) is 2.58. The van der Waals surface area contributed by atoms with Gasteiger partial charge in [-0.25, -0.2) is 21.9 Å². The highest BCUT2D eigenvalue weighted by Gasteiger charge is 2.27. The van der Waals surface area contributed by atoms with Gasteiger partial charge in [0.25, 0.3) is 0 Å². The first kappa shape index (κ1) is 16.1. The Morgan fingerprint density at radius 3 is 2.81 bits per heavy atom. The highest BCUT2D eigenvalue weighted by atomic mass is 32.2. The highest BCUT2D eigenvalue weighted by molar-refractivity contribution is 7.89. The van der Waals surface area contributed by atoms with Crippen molar-refractivity contribution in [3.63, 3.8) is 0 Å². The lowest BCUT2D eigenvalue weighted by Crippen LogP contribution is -2.40. The lowest BCUT2D eigenvalue weighted by molar-refractivity contribution is 0.268. The fraction of sp³-hybridized carbons (Fsp3) is 0.538. The average molecular weight is 319 g/mol. The molecule has 5 nitrogen and oxygen atoms in total. The number of rotatable bonds is 5. The van der Waals surface area contributed by atoms with Gasteiger partial charge in [0.05, 0.1) is 0 Å². The number of halogens is 2. The van der Waals surface area contributed by atoms with Crippen LogP contribution in [0.15, 0.2) is 17.0 Å². The fourth-order valence-corrected chi connectivity index (χ4v) is 3.74. The number of benzene rings is 1. The largest absolute Gasteiger partial charge is 0.394 e. The number of sulfonamides is 1. The predicted octanol–water partition coefficient (Wildman–Crippen LogP) is 1.31. The average Bonchev–Trinajstić information content (AvgIpc) is 2.90. The zero-order chi connectivity index (χ0) is 15.6. The highest BCUT2D eigenvalue weighted by Crippen LogP contribution is 2.23. The second-order valence-electron chi connectivity index (χ2n) is 5.05. The number of nitrogen functional groups attached to an aromatic ring is 1. The van der Waals surface area contributed by atoms with Gasteiger partial charge < -0.3 is 5.73 Å². The Labute approximate surface area is 123 Å². The molecule has 1 aliphatic heterocycles. The van der Waals surface area contributed by atoms with Crippen molar-refractivity contribution >= 4 is 15.7 Å². The molecule has 8 heteroatoms. The molecule has 0 radical (unpaired) electrons. The monoisotopic (exact) mass is 319 g/mol. The molecule has 0 amide bonds. The van der Waals surface area contributed by atoms with Crippen molar-refractivity contribution in [3.05, 3.63) is 23.8 Å². The van der Waals surface area contributed by atoms with Crippen molar-refractivity contribution < 1.29 is 17.2 Å². The summed E-state index contributed by atoms with van der Waals surface area (Å²) in [5, 5.41) is 0. The summed E-state index contributed by atoms with van der Waals surface area (Å²) in [6.45, 7) is 3.98. The van der Waals surface area contributed by atoms with Gasteiger partial charge in [0.15, 0.2) is 5.82 Å². The lowest BCUT2D eigenvalue weighted by Gasteiger charge is -2.22. The molecule has 1 atom stereocenters. The van der Waals surface area contributed by atoms with E-state index in [1.54, 1.807) is 0 Å². The van der Waals surface area contributed by atoms with E-state index < -0.39 is 32.2 Å².